The van der Waals surface area contributed by atoms with E-state index in [1.54, 1.807) is 0 Å². The summed E-state index contributed by atoms with van der Waals surface area (Å²) in [5.41, 5.74) is 4.15. The quantitative estimate of drug-likeness (QED) is 0.512. The molecule has 1 saturated heterocycles. The minimum atomic E-state index is 0.0234. The first-order valence-electron chi connectivity index (χ1n) is 11.9. The molecule has 0 amide bonds. The highest BCUT2D eigenvalue weighted by atomic mass is 15.5. The van der Waals surface area contributed by atoms with Gasteiger partial charge >= 0.3 is 0 Å². The van der Waals surface area contributed by atoms with E-state index in [-0.39, 0.29) is 5.66 Å². The molecule has 2 fully saturated rings. The number of benzene rings is 2. The zero-order chi connectivity index (χ0) is 19.5. The van der Waals surface area contributed by atoms with Gasteiger partial charge in [-0.3, -0.25) is 9.89 Å². The molecule has 0 aromatic heterocycles. The Balaban J connectivity index is 1.48. The summed E-state index contributed by atoms with van der Waals surface area (Å²) in [6.45, 7) is 0. The average Bonchev–Trinajstić information content (AvgIpc) is 3.43. The number of aliphatic imine (C=N–C) groups is 1. The topological polar surface area (TPSA) is 15.4 Å². The zero-order valence-electron chi connectivity index (χ0n) is 17.6. The molecule has 1 spiro atoms. The van der Waals surface area contributed by atoms with Crippen molar-refractivity contribution in [2.45, 2.75) is 88.4 Å². The Hall–Kier alpha value is -1.93. The summed E-state index contributed by atoms with van der Waals surface area (Å²) >= 11 is 0. The van der Waals surface area contributed by atoms with Gasteiger partial charge in [-0.1, -0.05) is 106 Å². The number of rotatable bonds is 2. The van der Waals surface area contributed by atoms with Crippen LogP contribution < -0.4 is 0 Å². The maximum absolute atomic E-state index is 5.53. The summed E-state index contributed by atoms with van der Waals surface area (Å²) in [5, 5.41) is 0. The van der Waals surface area contributed by atoms with Crippen molar-refractivity contribution in [3.05, 3.63) is 71.8 Å². The average molecular weight is 387 g/mol. The third-order valence-corrected chi connectivity index (χ3v) is 7.26. The van der Waals surface area contributed by atoms with Crippen LogP contribution in [0, 0.1) is 0 Å². The van der Waals surface area contributed by atoms with Gasteiger partial charge in [0.15, 0.2) is 0 Å². The van der Waals surface area contributed by atoms with Crippen LogP contribution in [-0.4, -0.2) is 22.3 Å². The molecule has 2 aliphatic heterocycles. The van der Waals surface area contributed by atoms with Gasteiger partial charge in [-0.2, -0.15) is 0 Å². The van der Waals surface area contributed by atoms with Gasteiger partial charge in [-0.25, -0.2) is 0 Å². The lowest BCUT2D eigenvalue weighted by Crippen LogP contribution is -2.34. The van der Waals surface area contributed by atoms with Crippen molar-refractivity contribution in [3.8, 4) is 0 Å². The molecule has 0 bridgehead atoms. The Morgan fingerprint density at radius 3 is 1.72 bits per heavy atom. The maximum Gasteiger partial charge on any atom is 0.114 e. The molecule has 1 aliphatic carbocycles. The Bertz CT molecular complexity index is 814. The molecule has 29 heavy (non-hydrogen) atoms. The molecule has 0 N–H and O–H groups in total. The molecule has 1 unspecified atom stereocenters. The number of fused-ring (bicyclic) bond motifs is 2. The van der Waals surface area contributed by atoms with Gasteiger partial charge in [-0.05, 0) is 36.8 Å². The van der Waals surface area contributed by atoms with Gasteiger partial charge in [0.25, 0.3) is 0 Å². The smallest absolute Gasteiger partial charge is 0.114 e. The highest BCUT2D eigenvalue weighted by Gasteiger charge is 2.64. The van der Waals surface area contributed by atoms with Crippen LogP contribution in [0.2, 0.25) is 0 Å². The van der Waals surface area contributed by atoms with Gasteiger partial charge < -0.3 is 0 Å². The maximum atomic E-state index is 5.53. The fraction of sp³-hybridized carbons (Fsp3) is 0.519. The summed E-state index contributed by atoms with van der Waals surface area (Å²) in [5.74, 6) is 0. The SMILES string of the molecule is c1ccc(C2=NC3(CCCCCCCCCCC3)N3[C@H]2[C@H]3c2ccccc2)cc1. The molecule has 3 atom stereocenters. The van der Waals surface area contributed by atoms with E-state index in [1.165, 1.54) is 87.5 Å². The van der Waals surface area contributed by atoms with Crippen LogP contribution in [-0.2, 0) is 0 Å². The Morgan fingerprint density at radius 1 is 0.621 bits per heavy atom. The first-order chi connectivity index (χ1) is 14.4. The molecule has 2 heteroatoms. The first kappa shape index (κ1) is 19.1. The fourth-order valence-corrected chi connectivity index (χ4v) is 5.76. The highest BCUT2D eigenvalue weighted by Crippen LogP contribution is 2.58. The highest BCUT2D eigenvalue weighted by molar-refractivity contribution is 6.08. The lowest BCUT2D eigenvalue weighted by Gasteiger charge is -2.31. The Morgan fingerprint density at radius 2 is 1.14 bits per heavy atom. The van der Waals surface area contributed by atoms with E-state index < -0.39 is 0 Å². The number of hydrogen-bond acceptors (Lipinski definition) is 2. The number of nitrogens with zero attached hydrogens (tertiary/aromatic N) is 2. The normalized spacial score (nSPS) is 29.4. The van der Waals surface area contributed by atoms with Crippen molar-refractivity contribution >= 4 is 5.71 Å². The van der Waals surface area contributed by atoms with Crippen LogP contribution in [0.25, 0.3) is 0 Å². The molecule has 2 nitrogen and oxygen atoms in total. The number of hydrogen-bond donors (Lipinski definition) is 0. The minimum absolute atomic E-state index is 0.0234. The van der Waals surface area contributed by atoms with E-state index in [0.717, 1.165) is 0 Å². The molecular formula is C27H34N2. The molecule has 2 aromatic rings. The molecule has 152 valence electrons. The van der Waals surface area contributed by atoms with E-state index >= 15 is 0 Å². The first-order valence-corrected chi connectivity index (χ1v) is 11.9. The van der Waals surface area contributed by atoms with Gasteiger partial charge in [0.2, 0.25) is 0 Å². The molecule has 2 aromatic carbocycles. The molecule has 2 heterocycles. The van der Waals surface area contributed by atoms with Crippen LogP contribution in [0.5, 0.6) is 0 Å². The van der Waals surface area contributed by atoms with Crippen LogP contribution in [0.1, 0.15) is 87.8 Å². The second-order valence-corrected chi connectivity index (χ2v) is 9.24. The molecule has 3 aliphatic rings. The summed E-state index contributed by atoms with van der Waals surface area (Å²) in [7, 11) is 0. The van der Waals surface area contributed by atoms with Crippen LogP contribution >= 0.6 is 0 Å². The van der Waals surface area contributed by atoms with E-state index in [1.807, 2.05) is 0 Å². The van der Waals surface area contributed by atoms with Gasteiger partial charge in [0.05, 0.1) is 17.8 Å². The largest absolute Gasteiger partial charge is 0.265 e. The van der Waals surface area contributed by atoms with Gasteiger partial charge in [0, 0.05) is 0 Å². The Kier molecular flexibility index (Phi) is 5.54. The van der Waals surface area contributed by atoms with E-state index in [4.69, 9.17) is 4.99 Å². The van der Waals surface area contributed by atoms with Crippen molar-refractivity contribution in [2.24, 2.45) is 4.99 Å². The lowest BCUT2D eigenvalue weighted by molar-refractivity contribution is 0.182. The standard InChI is InChI=1S/C27H34N2/c1-2-4-6-14-20-27(21-15-7-5-3-1)28-24(22-16-10-8-11-17-22)26-25(29(26)27)23-18-12-9-13-19-23/h8-13,16-19,25-26H,1-7,14-15,20-21H2/t25-,26-,29?/m1/s1. The predicted octanol–water partition coefficient (Wildman–Crippen LogP) is 6.92. The molecule has 0 radical (unpaired) electrons. The third-order valence-electron chi connectivity index (χ3n) is 7.26. The van der Waals surface area contributed by atoms with E-state index in [0.29, 0.717) is 12.1 Å². The van der Waals surface area contributed by atoms with Crippen molar-refractivity contribution in [2.75, 3.05) is 0 Å². The predicted molar refractivity (Wildman–Crippen MR) is 121 cm³/mol. The lowest BCUT2D eigenvalue weighted by atomic mass is 9.92. The zero-order valence-corrected chi connectivity index (χ0v) is 17.6. The Labute approximate surface area is 176 Å². The summed E-state index contributed by atoms with van der Waals surface area (Å²) < 4.78 is 0. The third kappa shape index (κ3) is 3.80. The van der Waals surface area contributed by atoms with Crippen molar-refractivity contribution in [3.63, 3.8) is 0 Å². The van der Waals surface area contributed by atoms with Gasteiger partial charge in [-0.15, -0.1) is 0 Å². The van der Waals surface area contributed by atoms with E-state index in [2.05, 4.69) is 65.6 Å². The second kappa shape index (κ2) is 8.44. The van der Waals surface area contributed by atoms with E-state index in [9.17, 15) is 0 Å². The van der Waals surface area contributed by atoms with Crippen LogP contribution in [0.15, 0.2) is 65.7 Å². The monoisotopic (exact) mass is 386 g/mol. The van der Waals surface area contributed by atoms with Crippen molar-refractivity contribution < 1.29 is 0 Å². The molecule has 1 saturated carbocycles. The van der Waals surface area contributed by atoms with Crippen LogP contribution in [0.4, 0.5) is 0 Å². The summed E-state index contributed by atoms with van der Waals surface area (Å²) in [4.78, 5) is 8.30. The minimum Gasteiger partial charge on any atom is -0.265 e. The molecular weight excluding hydrogens is 352 g/mol. The van der Waals surface area contributed by atoms with Gasteiger partial charge in [0.1, 0.15) is 5.66 Å². The van der Waals surface area contributed by atoms with Crippen LogP contribution in [0.3, 0.4) is 0 Å². The van der Waals surface area contributed by atoms with Crippen molar-refractivity contribution in [1.29, 1.82) is 0 Å². The fourth-order valence-electron chi connectivity index (χ4n) is 5.76. The molecule has 5 rings (SSSR count). The summed E-state index contributed by atoms with van der Waals surface area (Å²) in [6, 6.07) is 23.1. The summed E-state index contributed by atoms with van der Waals surface area (Å²) in [6.07, 6.45) is 14.9. The van der Waals surface area contributed by atoms with Crippen molar-refractivity contribution in [1.82, 2.24) is 4.90 Å². The second-order valence-electron chi connectivity index (χ2n) is 9.24.